The summed E-state index contributed by atoms with van der Waals surface area (Å²) in [4.78, 5) is 34.4. The molecule has 6 nitrogen and oxygen atoms in total. The first-order chi connectivity index (χ1) is 16.5. The Kier molecular flexibility index (Phi) is 19.8. The molecule has 204 valence electrons. The molecule has 0 heterocycles. The van der Waals surface area contributed by atoms with E-state index < -0.39 is 23.9 Å². The van der Waals surface area contributed by atoms with Gasteiger partial charge in [-0.25, -0.2) is 4.79 Å². The van der Waals surface area contributed by atoms with Crippen LogP contribution in [0.15, 0.2) is 11.6 Å². The van der Waals surface area contributed by atoms with Crippen LogP contribution in [0.2, 0.25) is 0 Å². The molecule has 1 amide bonds. The van der Waals surface area contributed by atoms with E-state index in [1.807, 2.05) is 0 Å². The Balaban J connectivity index is 4.01. The fourth-order valence-electron chi connectivity index (χ4n) is 3.96. The van der Waals surface area contributed by atoms with Crippen molar-refractivity contribution in [2.75, 3.05) is 18.6 Å². The average Bonchev–Trinajstić information content (AvgIpc) is 2.78. The Morgan fingerprint density at radius 3 is 2.00 bits per heavy atom. The number of esters is 1. The van der Waals surface area contributed by atoms with Crippen LogP contribution in [0, 0.1) is 17.8 Å². The third-order valence-electron chi connectivity index (χ3n) is 6.39. The van der Waals surface area contributed by atoms with E-state index in [4.69, 9.17) is 0 Å². The van der Waals surface area contributed by atoms with Gasteiger partial charge in [0.1, 0.15) is 6.04 Å². The predicted octanol–water partition coefficient (Wildman–Crippen LogP) is 6.63. The zero-order valence-corrected chi connectivity index (χ0v) is 23.9. The van der Waals surface area contributed by atoms with Gasteiger partial charge in [-0.1, -0.05) is 84.3 Å². The number of nitrogens with one attached hydrogen (secondary N) is 1. The Hall–Kier alpha value is -1.50. The highest BCUT2D eigenvalue weighted by molar-refractivity contribution is 7.99. The predicted molar refractivity (Wildman–Crippen MR) is 147 cm³/mol. The van der Waals surface area contributed by atoms with E-state index in [-0.39, 0.29) is 18.6 Å². The van der Waals surface area contributed by atoms with Crippen LogP contribution < -0.4 is 5.32 Å². The van der Waals surface area contributed by atoms with Gasteiger partial charge in [-0.15, -0.1) is 0 Å². The molecule has 0 spiro atoms. The molecular formula is C28H51NO5S. The molecule has 35 heavy (non-hydrogen) atoms. The molecule has 2 N–H and O–H groups in total. The second kappa shape index (κ2) is 20.7. The number of thioether (sulfide) groups is 1. The van der Waals surface area contributed by atoms with Crippen LogP contribution in [0.1, 0.15) is 105 Å². The number of ether oxygens (including phenoxy) is 1. The van der Waals surface area contributed by atoms with Gasteiger partial charge in [0.15, 0.2) is 0 Å². The number of hydrogen-bond acceptors (Lipinski definition) is 5. The van der Waals surface area contributed by atoms with E-state index in [1.54, 1.807) is 0 Å². The molecular weight excluding hydrogens is 462 g/mol. The first kappa shape index (κ1) is 33.5. The Bertz CT molecular complexity index is 635. The fourth-order valence-corrected chi connectivity index (χ4v) is 4.96. The van der Waals surface area contributed by atoms with Gasteiger partial charge in [0, 0.05) is 17.9 Å². The lowest BCUT2D eigenvalue weighted by Crippen LogP contribution is -2.42. The zero-order valence-electron chi connectivity index (χ0n) is 23.1. The minimum Gasteiger partial charge on any atom is -0.480 e. The lowest BCUT2D eigenvalue weighted by molar-refractivity contribution is -0.142. The van der Waals surface area contributed by atoms with Gasteiger partial charge in [0.05, 0.1) is 13.5 Å². The van der Waals surface area contributed by atoms with Gasteiger partial charge < -0.3 is 15.2 Å². The maximum absolute atomic E-state index is 11.9. The van der Waals surface area contributed by atoms with Gasteiger partial charge >= 0.3 is 11.9 Å². The highest BCUT2D eigenvalue weighted by Crippen LogP contribution is 2.22. The molecule has 0 aliphatic rings. The maximum atomic E-state index is 11.9. The van der Waals surface area contributed by atoms with Crippen molar-refractivity contribution in [2.45, 2.75) is 111 Å². The van der Waals surface area contributed by atoms with Crippen LogP contribution in [0.3, 0.4) is 0 Å². The normalized spacial score (nSPS) is 14.4. The Labute approximate surface area is 218 Å². The molecule has 0 bridgehead atoms. The number of rotatable bonds is 21. The zero-order chi connectivity index (χ0) is 26.6. The minimum atomic E-state index is -1.07. The lowest BCUT2D eigenvalue weighted by Gasteiger charge is -2.15. The summed E-state index contributed by atoms with van der Waals surface area (Å²) in [5.41, 5.74) is 1.33. The molecule has 0 aliphatic heterocycles. The highest BCUT2D eigenvalue weighted by atomic mass is 32.2. The van der Waals surface area contributed by atoms with Gasteiger partial charge in [-0.2, -0.15) is 11.8 Å². The van der Waals surface area contributed by atoms with E-state index in [1.165, 1.54) is 75.8 Å². The summed E-state index contributed by atoms with van der Waals surface area (Å²) in [6.45, 7) is 11.5. The third kappa shape index (κ3) is 20.4. The Morgan fingerprint density at radius 1 is 0.886 bits per heavy atom. The number of aliphatic carboxylic acids is 1. The summed E-state index contributed by atoms with van der Waals surface area (Å²) < 4.78 is 4.49. The average molecular weight is 514 g/mol. The minimum absolute atomic E-state index is 0.0556. The number of carbonyl (C=O) groups excluding carboxylic acids is 2. The van der Waals surface area contributed by atoms with Gasteiger partial charge in [-0.3, -0.25) is 9.59 Å². The van der Waals surface area contributed by atoms with Gasteiger partial charge in [0.25, 0.3) is 0 Å². The monoisotopic (exact) mass is 513 g/mol. The summed E-state index contributed by atoms with van der Waals surface area (Å²) in [5.74, 6) is 1.43. The van der Waals surface area contributed by atoms with Crippen molar-refractivity contribution in [1.29, 1.82) is 0 Å². The van der Waals surface area contributed by atoms with Crippen molar-refractivity contribution in [3.05, 3.63) is 11.6 Å². The van der Waals surface area contributed by atoms with Crippen molar-refractivity contribution in [1.82, 2.24) is 5.32 Å². The summed E-state index contributed by atoms with van der Waals surface area (Å²) in [5, 5.41) is 11.8. The van der Waals surface area contributed by atoms with Crippen molar-refractivity contribution in [3.63, 3.8) is 0 Å². The summed E-state index contributed by atoms with van der Waals surface area (Å²) in [6.07, 6.45) is 13.6. The van der Waals surface area contributed by atoms with E-state index >= 15 is 0 Å². The fraction of sp³-hybridized carbons (Fsp3) is 0.821. The standard InChI is InChI=1S/C28H51NO5S/c1-21(2)10-7-11-22(3)12-8-13-23(4)14-9-15-24(5)18-19-35-20-25(28(32)33)29-26(30)16-17-27(31)34-6/h18,21-23,25H,7-17,19-20H2,1-6H3,(H,29,30)(H,32,33)/b24-18+. The number of carbonyl (C=O) groups is 3. The maximum Gasteiger partial charge on any atom is 0.327 e. The molecule has 0 aliphatic carbocycles. The molecule has 0 saturated carbocycles. The van der Waals surface area contributed by atoms with Gasteiger partial charge in [0.2, 0.25) is 5.91 Å². The van der Waals surface area contributed by atoms with E-state index in [0.717, 1.165) is 29.9 Å². The molecule has 0 fully saturated rings. The molecule has 0 saturated heterocycles. The molecule has 7 heteroatoms. The van der Waals surface area contributed by atoms with Crippen LogP contribution in [0.25, 0.3) is 0 Å². The first-order valence-corrected chi connectivity index (χ1v) is 14.5. The molecule has 0 rings (SSSR count). The smallest absolute Gasteiger partial charge is 0.327 e. The van der Waals surface area contributed by atoms with Crippen molar-refractivity contribution in [2.24, 2.45) is 17.8 Å². The topological polar surface area (TPSA) is 92.7 Å². The molecule has 0 aromatic rings. The molecule has 0 aromatic carbocycles. The largest absolute Gasteiger partial charge is 0.480 e. The number of amides is 1. The second-order valence-electron chi connectivity index (χ2n) is 10.5. The second-order valence-corrected chi connectivity index (χ2v) is 11.6. The van der Waals surface area contributed by atoms with E-state index in [2.05, 4.69) is 50.7 Å². The quantitative estimate of drug-likeness (QED) is 0.102. The van der Waals surface area contributed by atoms with Crippen LogP contribution in [-0.4, -0.2) is 47.6 Å². The Morgan fingerprint density at radius 2 is 1.46 bits per heavy atom. The number of methoxy groups -OCH3 is 1. The number of carboxylic acids is 1. The SMILES string of the molecule is COC(=O)CCC(=O)NC(CSC/C=C(\C)CCCC(C)CCCC(C)CCCC(C)C)C(=O)O. The molecule has 3 unspecified atom stereocenters. The van der Waals surface area contributed by atoms with Crippen molar-refractivity contribution in [3.8, 4) is 0 Å². The van der Waals surface area contributed by atoms with E-state index in [0.29, 0.717) is 0 Å². The van der Waals surface area contributed by atoms with Crippen LogP contribution >= 0.6 is 11.8 Å². The highest BCUT2D eigenvalue weighted by Gasteiger charge is 2.20. The van der Waals surface area contributed by atoms with E-state index in [9.17, 15) is 19.5 Å². The molecule has 0 radical (unpaired) electrons. The van der Waals surface area contributed by atoms with Gasteiger partial charge in [-0.05, 0) is 37.5 Å². The summed E-state index contributed by atoms with van der Waals surface area (Å²) in [6, 6.07) is -0.961. The summed E-state index contributed by atoms with van der Waals surface area (Å²) >= 11 is 1.49. The van der Waals surface area contributed by atoms with Crippen LogP contribution in [0.5, 0.6) is 0 Å². The first-order valence-electron chi connectivity index (χ1n) is 13.4. The molecule has 0 aromatic heterocycles. The number of hydrogen-bond donors (Lipinski definition) is 2. The molecule has 3 atom stereocenters. The number of allylic oxidation sites excluding steroid dienone is 1. The van der Waals surface area contributed by atoms with Crippen LogP contribution in [-0.2, 0) is 19.1 Å². The lowest BCUT2D eigenvalue weighted by atomic mass is 9.91. The van der Waals surface area contributed by atoms with Crippen molar-refractivity contribution < 1.29 is 24.2 Å². The number of carboxylic acid groups (broad SMARTS) is 1. The van der Waals surface area contributed by atoms with Crippen LogP contribution in [0.4, 0.5) is 0 Å². The summed E-state index contributed by atoms with van der Waals surface area (Å²) in [7, 11) is 1.25. The van der Waals surface area contributed by atoms with Crippen molar-refractivity contribution >= 4 is 29.6 Å². The third-order valence-corrected chi connectivity index (χ3v) is 7.36.